The van der Waals surface area contributed by atoms with Gasteiger partial charge in [0, 0.05) is 12.8 Å². The van der Waals surface area contributed by atoms with Gasteiger partial charge in [0.05, 0.1) is 33.9 Å². The maximum atomic E-state index is 12.6. The fourth-order valence-corrected chi connectivity index (χ4v) is 5.98. The summed E-state index contributed by atoms with van der Waals surface area (Å²) in [6.45, 7) is 4.11. The third-order valence-electron chi connectivity index (χ3n) is 8.59. The lowest BCUT2D eigenvalue weighted by molar-refractivity contribution is -0.870. The molecule has 0 aliphatic carbocycles. The molecular formula is C45H79NO9P+. The molecule has 0 saturated carbocycles. The number of hydrogen-bond donors (Lipinski definition) is 2. The summed E-state index contributed by atoms with van der Waals surface area (Å²) in [5.74, 6) is -0.932. The maximum absolute atomic E-state index is 12.6. The number of esters is 2. The fourth-order valence-electron chi connectivity index (χ4n) is 5.24. The van der Waals surface area contributed by atoms with Crippen molar-refractivity contribution in [3.63, 3.8) is 0 Å². The molecule has 0 aromatic carbocycles. The zero-order valence-corrected chi connectivity index (χ0v) is 36.6. The highest BCUT2D eigenvalue weighted by Crippen LogP contribution is 2.43. The molecule has 11 heteroatoms. The lowest BCUT2D eigenvalue weighted by Crippen LogP contribution is -2.37. The Bertz CT molecular complexity index is 1200. The number of carbonyl (C=O) groups is 2. The van der Waals surface area contributed by atoms with Gasteiger partial charge >= 0.3 is 19.8 Å². The molecule has 10 nitrogen and oxygen atoms in total. The predicted octanol–water partition coefficient (Wildman–Crippen LogP) is 10.8. The van der Waals surface area contributed by atoms with Crippen LogP contribution < -0.4 is 0 Å². The molecule has 0 radical (unpaired) electrons. The number of rotatable bonds is 37. The van der Waals surface area contributed by atoms with Gasteiger partial charge in [0.1, 0.15) is 19.8 Å². The molecule has 56 heavy (non-hydrogen) atoms. The van der Waals surface area contributed by atoms with E-state index in [9.17, 15) is 24.2 Å². The van der Waals surface area contributed by atoms with Gasteiger partial charge < -0.3 is 24.0 Å². The van der Waals surface area contributed by atoms with Gasteiger partial charge in [0.2, 0.25) is 0 Å². The second-order valence-electron chi connectivity index (χ2n) is 15.2. The van der Waals surface area contributed by atoms with Gasteiger partial charge in [-0.05, 0) is 44.9 Å². The number of aliphatic hydroxyl groups is 1. The van der Waals surface area contributed by atoms with Crippen molar-refractivity contribution in [1.82, 2.24) is 0 Å². The number of hydrogen-bond acceptors (Lipinski definition) is 8. The van der Waals surface area contributed by atoms with Gasteiger partial charge in [-0.2, -0.15) is 0 Å². The smallest absolute Gasteiger partial charge is 0.462 e. The van der Waals surface area contributed by atoms with Crippen LogP contribution in [-0.2, 0) is 32.7 Å². The van der Waals surface area contributed by atoms with Crippen molar-refractivity contribution >= 4 is 19.8 Å². The van der Waals surface area contributed by atoms with E-state index < -0.39 is 38.6 Å². The lowest BCUT2D eigenvalue weighted by atomic mass is 10.0. The third kappa shape index (κ3) is 39.6. The van der Waals surface area contributed by atoms with E-state index in [1.54, 1.807) is 6.08 Å². The van der Waals surface area contributed by atoms with Crippen molar-refractivity contribution in [1.29, 1.82) is 0 Å². The first-order chi connectivity index (χ1) is 26.9. The zero-order chi connectivity index (χ0) is 41.6. The number of phosphoric ester groups is 1. The molecule has 0 amide bonds. The Morgan fingerprint density at radius 3 is 1.86 bits per heavy atom. The van der Waals surface area contributed by atoms with Gasteiger partial charge in [-0.15, -0.1) is 0 Å². The van der Waals surface area contributed by atoms with Gasteiger partial charge in [-0.1, -0.05) is 157 Å². The van der Waals surface area contributed by atoms with Crippen LogP contribution in [0.5, 0.6) is 0 Å². The summed E-state index contributed by atoms with van der Waals surface area (Å²) in [5.41, 5.74) is 0. The molecule has 3 atom stereocenters. The SMILES string of the molecule is CC/C=C\C/C=C\CC(O)/C=C/C=C\C/C=C\C/C=C\CCC(=O)OC[C@H](COP(=O)(O)OCC[N+](C)(C)C)OC(=O)CCCCCCCCCCCCCC. The summed E-state index contributed by atoms with van der Waals surface area (Å²) < 4.78 is 34.1. The van der Waals surface area contributed by atoms with Gasteiger partial charge in [-0.25, -0.2) is 4.57 Å². The monoisotopic (exact) mass is 809 g/mol. The fraction of sp³-hybridized carbons (Fsp3) is 0.689. The average Bonchev–Trinajstić information content (AvgIpc) is 3.14. The van der Waals surface area contributed by atoms with Crippen LogP contribution in [0.2, 0.25) is 0 Å². The van der Waals surface area contributed by atoms with Gasteiger partial charge in [-0.3, -0.25) is 18.6 Å². The van der Waals surface area contributed by atoms with E-state index >= 15 is 0 Å². The molecule has 0 heterocycles. The molecule has 322 valence electrons. The Kier molecular flexibility index (Phi) is 35.0. The summed E-state index contributed by atoms with van der Waals surface area (Å²) in [7, 11) is 1.40. The molecule has 0 bridgehead atoms. The normalized spacial score (nSPS) is 14.9. The number of likely N-dealkylation sites (N-methyl/N-ethyl adjacent to an activating group) is 1. The van der Waals surface area contributed by atoms with Crippen LogP contribution in [-0.4, -0.2) is 86.1 Å². The molecule has 0 rings (SSSR count). The molecule has 0 fully saturated rings. The molecule has 2 N–H and O–H groups in total. The van der Waals surface area contributed by atoms with Crippen molar-refractivity contribution in [2.75, 3.05) is 47.5 Å². The molecule has 2 unspecified atom stereocenters. The number of ether oxygens (including phenoxy) is 2. The van der Waals surface area contributed by atoms with Crippen LogP contribution in [0.25, 0.3) is 0 Å². The lowest BCUT2D eigenvalue weighted by Gasteiger charge is -2.24. The van der Waals surface area contributed by atoms with E-state index in [1.165, 1.54) is 51.4 Å². The van der Waals surface area contributed by atoms with Crippen LogP contribution in [0.1, 0.15) is 142 Å². The van der Waals surface area contributed by atoms with Crippen molar-refractivity contribution in [3.8, 4) is 0 Å². The summed E-state index contributed by atoms with van der Waals surface area (Å²) in [5, 5.41) is 10.0. The van der Waals surface area contributed by atoms with E-state index in [0.717, 1.165) is 44.9 Å². The first kappa shape index (κ1) is 53.4. The summed E-state index contributed by atoms with van der Waals surface area (Å²) in [6.07, 6.45) is 41.4. The Balaban J connectivity index is 4.55. The number of carbonyl (C=O) groups excluding carboxylic acids is 2. The van der Waals surface area contributed by atoms with Crippen molar-refractivity contribution in [3.05, 3.63) is 72.9 Å². The summed E-state index contributed by atoms with van der Waals surface area (Å²) >= 11 is 0. The van der Waals surface area contributed by atoms with E-state index in [0.29, 0.717) is 30.3 Å². The van der Waals surface area contributed by atoms with E-state index in [-0.39, 0.29) is 26.1 Å². The van der Waals surface area contributed by atoms with Gasteiger partial charge in [0.25, 0.3) is 0 Å². The van der Waals surface area contributed by atoms with Crippen molar-refractivity contribution in [2.24, 2.45) is 0 Å². The first-order valence-electron chi connectivity index (χ1n) is 21.3. The summed E-state index contributed by atoms with van der Waals surface area (Å²) in [4.78, 5) is 35.3. The minimum absolute atomic E-state index is 0.00975. The van der Waals surface area contributed by atoms with Crippen LogP contribution >= 0.6 is 7.82 Å². The van der Waals surface area contributed by atoms with Gasteiger partial charge in [0.15, 0.2) is 6.10 Å². The zero-order valence-electron chi connectivity index (χ0n) is 35.7. The highest BCUT2D eigenvalue weighted by molar-refractivity contribution is 7.47. The Morgan fingerprint density at radius 1 is 0.661 bits per heavy atom. The minimum Gasteiger partial charge on any atom is -0.462 e. The van der Waals surface area contributed by atoms with E-state index in [1.807, 2.05) is 69.8 Å². The quantitative estimate of drug-likeness (QED) is 0.0157. The maximum Gasteiger partial charge on any atom is 0.472 e. The van der Waals surface area contributed by atoms with Crippen LogP contribution in [0, 0.1) is 0 Å². The standard InChI is InChI=1S/C45H78NO9P/c1-6-8-10-12-14-15-16-17-22-25-29-33-37-45(49)55-43(41-54-56(50,51)53-39-38-46(3,4)5)40-52-44(48)36-32-28-24-21-19-18-20-23-27-31-35-42(47)34-30-26-13-11-9-7-2/h9,11,18-19,23-24,26-28,30-31,35,42-43,47H,6-8,10,12-17,20-22,25,29,32-34,36-41H2,1-5H3/p+1/b11-9-,19-18-,27-23-,28-24-,30-26-,35-31+/t42?,43-/m1/s1. The number of phosphoric acid groups is 1. The number of aliphatic hydroxyl groups excluding tert-OH is 1. The second kappa shape index (κ2) is 36.7. The van der Waals surface area contributed by atoms with Crippen LogP contribution in [0.15, 0.2) is 72.9 Å². The Hall–Kier alpha value is -2.59. The van der Waals surface area contributed by atoms with Crippen LogP contribution in [0.4, 0.5) is 0 Å². The van der Waals surface area contributed by atoms with Crippen LogP contribution in [0.3, 0.4) is 0 Å². The number of nitrogens with zero attached hydrogens (tertiary/aromatic N) is 1. The first-order valence-corrected chi connectivity index (χ1v) is 22.8. The highest BCUT2D eigenvalue weighted by Gasteiger charge is 2.27. The molecule has 0 saturated heterocycles. The molecule has 0 aromatic heterocycles. The minimum atomic E-state index is -4.40. The topological polar surface area (TPSA) is 129 Å². The highest BCUT2D eigenvalue weighted by atomic mass is 31.2. The molecule has 0 spiro atoms. The number of quaternary nitrogens is 1. The van der Waals surface area contributed by atoms with Crippen molar-refractivity contribution < 1.29 is 47.2 Å². The molecule has 0 aliphatic rings. The molecule has 0 aliphatic heterocycles. The van der Waals surface area contributed by atoms with Crippen molar-refractivity contribution in [2.45, 2.75) is 154 Å². The number of unbranched alkanes of at least 4 members (excludes halogenated alkanes) is 11. The second-order valence-corrected chi connectivity index (χ2v) is 16.7. The molecular weight excluding hydrogens is 729 g/mol. The largest absolute Gasteiger partial charge is 0.472 e. The Labute approximate surface area is 341 Å². The number of allylic oxidation sites excluding steroid dienone is 10. The summed E-state index contributed by atoms with van der Waals surface area (Å²) in [6, 6.07) is 0. The van der Waals surface area contributed by atoms with E-state index in [2.05, 4.69) is 32.1 Å². The third-order valence-corrected chi connectivity index (χ3v) is 9.58. The van der Waals surface area contributed by atoms with E-state index in [4.69, 9.17) is 18.5 Å². The average molecular weight is 809 g/mol. The molecule has 0 aromatic rings. The predicted molar refractivity (Wildman–Crippen MR) is 230 cm³/mol. The Morgan fingerprint density at radius 2 is 1.23 bits per heavy atom.